The fourth-order valence-electron chi connectivity index (χ4n) is 4.36. The summed E-state index contributed by atoms with van der Waals surface area (Å²) in [7, 11) is 0. The highest BCUT2D eigenvalue weighted by molar-refractivity contribution is 5.81. The van der Waals surface area contributed by atoms with E-state index in [4.69, 9.17) is 0 Å². The summed E-state index contributed by atoms with van der Waals surface area (Å²) in [5.74, 6) is 1.57. The van der Waals surface area contributed by atoms with E-state index in [1.54, 1.807) is 12.4 Å². The standard InChI is InChI=1S/C22H29N5O/c1-17(23-12-9-19-8-7-18-5-2-3-6-20(18)19)21(28)26-13-15-27(16-14-26)22-24-10-4-11-25-22/h2-6,10-11,17,19,23H,7-9,12-16H2,1H3. The third kappa shape index (κ3) is 4.17. The number of hydrogen-bond acceptors (Lipinski definition) is 5. The Morgan fingerprint density at radius 3 is 2.68 bits per heavy atom. The Hall–Kier alpha value is -2.47. The van der Waals surface area contributed by atoms with Gasteiger partial charge in [-0.1, -0.05) is 24.3 Å². The van der Waals surface area contributed by atoms with Gasteiger partial charge >= 0.3 is 0 Å². The lowest BCUT2D eigenvalue weighted by Gasteiger charge is -2.36. The zero-order valence-electron chi connectivity index (χ0n) is 16.6. The number of fused-ring (bicyclic) bond motifs is 1. The molecule has 28 heavy (non-hydrogen) atoms. The van der Waals surface area contributed by atoms with Gasteiger partial charge in [0.2, 0.25) is 11.9 Å². The summed E-state index contributed by atoms with van der Waals surface area (Å²) in [6, 6.07) is 10.4. The number of rotatable bonds is 6. The second-order valence-corrected chi connectivity index (χ2v) is 7.76. The van der Waals surface area contributed by atoms with Crippen molar-refractivity contribution in [1.82, 2.24) is 20.2 Å². The molecule has 6 nitrogen and oxygen atoms in total. The van der Waals surface area contributed by atoms with Crippen molar-refractivity contribution in [1.29, 1.82) is 0 Å². The number of aromatic nitrogens is 2. The molecule has 0 bridgehead atoms. The molecule has 2 aromatic rings. The van der Waals surface area contributed by atoms with E-state index < -0.39 is 0 Å². The maximum absolute atomic E-state index is 12.8. The fraction of sp³-hybridized carbons (Fsp3) is 0.500. The van der Waals surface area contributed by atoms with Crippen molar-refractivity contribution in [3.63, 3.8) is 0 Å². The Labute approximate surface area is 167 Å². The van der Waals surface area contributed by atoms with Crippen LogP contribution in [0.2, 0.25) is 0 Å². The fourth-order valence-corrected chi connectivity index (χ4v) is 4.36. The molecule has 2 atom stereocenters. The summed E-state index contributed by atoms with van der Waals surface area (Å²) in [5, 5.41) is 3.45. The van der Waals surface area contributed by atoms with E-state index in [2.05, 4.69) is 44.5 Å². The molecular weight excluding hydrogens is 350 g/mol. The molecule has 1 N–H and O–H groups in total. The van der Waals surface area contributed by atoms with Crippen LogP contribution in [0.4, 0.5) is 5.95 Å². The van der Waals surface area contributed by atoms with E-state index in [-0.39, 0.29) is 11.9 Å². The first-order valence-electron chi connectivity index (χ1n) is 10.3. The Morgan fingerprint density at radius 1 is 1.14 bits per heavy atom. The molecule has 1 aromatic heterocycles. The number of piperazine rings is 1. The molecule has 1 aromatic carbocycles. The Morgan fingerprint density at radius 2 is 1.89 bits per heavy atom. The van der Waals surface area contributed by atoms with Crippen molar-refractivity contribution in [3.05, 3.63) is 53.9 Å². The molecule has 0 spiro atoms. The second-order valence-electron chi connectivity index (χ2n) is 7.76. The summed E-state index contributed by atoms with van der Waals surface area (Å²) >= 11 is 0. The molecular formula is C22H29N5O. The van der Waals surface area contributed by atoms with E-state index in [1.165, 1.54) is 24.0 Å². The van der Waals surface area contributed by atoms with E-state index in [0.29, 0.717) is 5.92 Å². The third-order valence-corrected chi connectivity index (χ3v) is 6.00. The highest BCUT2D eigenvalue weighted by atomic mass is 16.2. The van der Waals surface area contributed by atoms with Crippen LogP contribution in [0.25, 0.3) is 0 Å². The summed E-state index contributed by atoms with van der Waals surface area (Å²) in [5.41, 5.74) is 3.00. The van der Waals surface area contributed by atoms with E-state index in [1.807, 2.05) is 17.9 Å². The van der Waals surface area contributed by atoms with Crippen molar-refractivity contribution in [2.75, 3.05) is 37.6 Å². The smallest absolute Gasteiger partial charge is 0.239 e. The number of nitrogens with one attached hydrogen (secondary N) is 1. The van der Waals surface area contributed by atoms with Crippen LogP contribution in [-0.4, -0.2) is 59.5 Å². The number of amides is 1. The Kier molecular flexibility index (Phi) is 5.86. The normalized spacial score (nSPS) is 20.1. The SMILES string of the molecule is CC(NCCC1CCc2ccccc21)C(=O)N1CCN(c2ncccn2)CC1. The highest BCUT2D eigenvalue weighted by Gasteiger charge is 2.26. The summed E-state index contributed by atoms with van der Waals surface area (Å²) in [6.45, 7) is 5.86. The van der Waals surface area contributed by atoms with Gasteiger partial charge in [-0.15, -0.1) is 0 Å². The van der Waals surface area contributed by atoms with Crippen LogP contribution < -0.4 is 10.2 Å². The van der Waals surface area contributed by atoms with Gasteiger partial charge in [-0.25, -0.2) is 9.97 Å². The van der Waals surface area contributed by atoms with Crippen LogP contribution in [0.1, 0.15) is 36.8 Å². The van der Waals surface area contributed by atoms with Crippen LogP contribution >= 0.6 is 0 Å². The molecule has 0 saturated carbocycles. The molecule has 1 fully saturated rings. The largest absolute Gasteiger partial charge is 0.338 e. The Balaban J connectivity index is 1.21. The topological polar surface area (TPSA) is 61.4 Å². The zero-order valence-corrected chi connectivity index (χ0v) is 16.6. The average Bonchev–Trinajstić information content (AvgIpc) is 3.17. The second kappa shape index (κ2) is 8.69. The first kappa shape index (κ1) is 18.9. The van der Waals surface area contributed by atoms with Crippen molar-refractivity contribution in [2.45, 2.75) is 38.1 Å². The van der Waals surface area contributed by atoms with Crippen LogP contribution in [0.15, 0.2) is 42.7 Å². The number of aryl methyl sites for hydroxylation is 1. The zero-order chi connectivity index (χ0) is 19.3. The molecule has 6 heteroatoms. The van der Waals surface area contributed by atoms with Gasteiger partial charge in [-0.2, -0.15) is 0 Å². The van der Waals surface area contributed by atoms with Gasteiger partial charge in [0.25, 0.3) is 0 Å². The number of hydrogen-bond donors (Lipinski definition) is 1. The van der Waals surface area contributed by atoms with Crippen molar-refractivity contribution < 1.29 is 4.79 Å². The molecule has 1 saturated heterocycles. The monoisotopic (exact) mass is 379 g/mol. The van der Waals surface area contributed by atoms with Gasteiger partial charge in [-0.05, 0) is 55.8 Å². The number of benzene rings is 1. The predicted molar refractivity (Wildman–Crippen MR) is 110 cm³/mol. The van der Waals surface area contributed by atoms with E-state index in [9.17, 15) is 4.79 Å². The maximum atomic E-state index is 12.8. The first-order chi connectivity index (χ1) is 13.7. The van der Waals surface area contributed by atoms with E-state index >= 15 is 0 Å². The predicted octanol–water partition coefficient (Wildman–Crippen LogP) is 2.22. The summed E-state index contributed by atoms with van der Waals surface area (Å²) in [4.78, 5) is 25.5. The molecule has 1 aliphatic carbocycles. The summed E-state index contributed by atoms with van der Waals surface area (Å²) < 4.78 is 0. The lowest BCUT2D eigenvalue weighted by Crippen LogP contribution is -2.53. The van der Waals surface area contributed by atoms with E-state index in [0.717, 1.165) is 45.1 Å². The molecule has 1 aliphatic heterocycles. The molecule has 148 valence electrons. The minimum atomic E-state index is -0.142. The number of carbonyl (C=O) groups is 1. The van der Waals surface area contributed by atoms with Crippen molar-refractivity contribution in [2.24, 2.45) is 0 Å². The van der Waals surface area contributed by atoms with Gasteiger partial charge < -0.3 is 15.1 Å². The highest BCUT2D eigenvalue weighted by Crippen LogP contribution is 2.34. The minimum absolute atomic E-state index is 0.142. The van der Waals surface area contributed by atoms with Crippen LogP contribution in [0, 0.1) is 0 Å². The minimum Gasteiger partial charge on any atom is -0.338 e. The van der Waals surface area contributed by atoms with Crippen LogP contribution in [0.5, 0.6) is 0 Å². The Bertz CT molecular complexity index is 789. The lowest BCUT2D eigenvalue weighted by molar-refractivity contribution is -0.133. The molecule has 2 aliphatic rings. The quantitative estimate of drug-likeness (QED) is 0.834. The third-order valence-electron chi connectivity index (χ3n) is 6.00. The molecule has 2 unspecified atom stereocenters. The summed E-state index contributed by atoms with van der Waals surface area (Å²) in [6.07, 6.45) is 7.02. The maximum Gasteiger partial charge on any atom is 0.239 e. The van der Waals surface area contributed by atoms with Gasteiger partial charge in [0.15, 0.2) is 0 Å². The lowest BCUT2D eigenvalue weighted by atomic mass is 9.98. The first-order valence-corrected chi connectivity index (χ1v) is 10.3. The molecule has 2 heterocycles. The van der Waals surface area contributed by atoms with Crippen LogP contribution in [-0.2, 0) is 11.2 Å². The number of nitrogens with zero attached hydrogens (tertiary/aromatic N) is 4. The molecule has 1 amide bonds. The number of anilines is 1. The van der Waals surface area contributed by atoms with Gasteiger partial charge in [0.05, 0.1) is 6.04 Å². The van der Waals surface area contributed by atoms with Gasteiger partial charge in [0, 0.05) is 38.6 Å². The van der Waals surface area contributed by atoms with Gasteiger partial charge in [0.1, 0.15) is 0 Å². The van der Waals surface area contributed by atoms with Gasteiger partial charge in [-0.3, -0.25) is 4.79 Å². The molecule has 0 radical (unpaired) electrons. The molecule has 4 rings (SSSR count). The van der Waals surface area contributed by atoms with Crippen molar-refractivity contribution in [3.8, 4) is 0 Å². The van der Waals surface area contributed by atoms with Crippen molar-refractivity contribution >= 4 is 11.9 Å². The van der Waals surface area contributed by atoms with Crippen LogP contribution in [0.3, 0.4) is 0 Å². The number of carbonyl (C=O) groups excluding carboxylic acids is 1. The average molecular weight is 380 g/mol.